The van der Waals surface area contributed by atoms with Crippen LogP contribution in [-0.4, -0.2) is 5.88 Å². The Hall–Kier alpha value is -0.670. The molecule has 0 saturated heterocycles. The molecule has 0 bridgehead atoms. The van der Waals surface area contributed by atoms with Gasteiger partial charge in [-0.2, -0.15) is 13.2 Å². The van der Waals surface area contributed by atoms with Crippen LogP contribution in [0.2, 0.25) is 5.02 Å². The zero-order valence-corrected chi connectivity index (χ0v) is 9.70. The van der Waals surface area contributed by atoms with Gasteiger partial charge in [-0.3, -0.25) is 0 Å². The number of allylic oxidation sites excluding steroid dienone is 1. The van der Waals surface area contributed by atoms with Crippen molar-refractivity contribution in [1.29, 1.82) is 0 Å². The summed E-state index contributed by atoms with van der Waals surface area (Å²) in [4.78, 5) is 0. The van der Waals surface area contributed by atoms with Crippen LogP contribution < -0.4 is 0 Å². The monoisotopic (exact) mass is 268 g/mol. The SMILES string of the molecule is FC(F)(F)c1cc(Cl)ccc1C=CCCCl. The quantitative estimate of drug-likeness (QED) is 0.677. The molecule has 1 aromatic rings. The zero-order chi connectivity index (χ0) is 12.2. The first-order chi connectivity index (χ1) is 7.45. The van der Waals surface area contributed by atoms with Gasteiger partial charge in [0, 0.05) is 10.9 Å². The molecule has 0 saturated carbocycles. The van der Waals surface area contributed by atoms with Gasteiger partial charge in [0.2, 0.25) is 0 Å². The van der Waals surface area contributed by atoms with E-state index >= 15 is 0 Å². The predicted molar refractivity (Wildman–Crippen MR) is 60.8 cm³/mol. The highest BCUT2D eigenvalue weighted by Crippen LogP contribution is 2.34. The second kappa shape index (κ2) is 5.60. The molecule has 0 spiro atoms. The summed E-state index contributed by atoms with van der Waals surface area (Å²) in [6, 6.07) is 3.69. The van der Waals surface area contributed by atoms with E-state index in [0.717, 1.165) is 6.07 Å². The summed E-state index contributed by atoms with van der Waals surface area (Å²) in [5, 5.41) is 0.0711. The summed E-state index contributed by atoms with van der Waals surface area (Å²) in [5.74, 6) is 0.380. The van der Waals surface area contributed by atoms with Gasteiger partial charge in [0.15, 0.2) is 0 Å². The fourth-order valence-corrected chi connectivity index (χ4v) is 1.49. The van der Waals surface area contributed by atoms with Crippen LogP contribution in [0.15, 0.2) is 24.3 Å². The molecule has 0 heterocycles. The number of alkyl halides is 4. The number of benzene rings is 1. The lowest BCUT2D eigenvalue weighted by Gasteiger charge is -2.10. The van der Waals surface area contributed by atoms with Crippen molar-refractivity contribution in [1.82, 2.24) is 0 Å². The summed E-state index contributed by atoms with van der Waals surface area (Å²) in [5.41, 5.74) is -0.632. The molecule has 0 amide bonds. The number of hydrogen-bond acceptors (Lipinski definition) is 0. The molecule has 0 N–H and O–H groups in total. The molecule has 0 nitrogen and oxygen atoms in total. The third-order valence-corrected chi connectivity index (χ3v) is 2.35. The van der Waals surface area contributed by atoms with Gasteiger partial charge in [-0.05, 0) is 24.1 Å². The van der Waals surface area contributed by atoms with Gasteiger partial charge in [-0.1, -0.05) is 29.8 Å². The molecule has 0 aliphatic rings. The van der Waals surface area contributed by atoms with Gasteiger partial charge >= 0.3 is 6.18 Å². The largest absolute Gasteiger partial charge is 0.417 e. The van der Waals surface area contributed by atoms with E-state index in [4.69, 9.17) is 23.2 Å². The van der Waals surface area contributed by atoms with Gasteiger partial charge in [0.05, 0.1) is 5.56 Å². The van der Waals surface area contributed by atoms with Crippen molar-refractivity contribution in [2.45, 2.75) is 12.6 Å². The van der Waals surface area contributed by atoms with Crippen LogP contribution in [0.5, 0.6) is 0 Å². The van der Waals surface area contributed by atoms with Crippen molar-refractivity contribution >= 4 is 29.3 Å². The molecule has 0 fully saturated rings. The highest BCUT2D eigenvalue weighted by atomic mass is 35.5. The molecule has 0 aliphatic heterocycles. The summed E-state index contributed by atoms with van der Waals surface area (Å²) >= 11 is 11.0. The van der Waals surface area contributed by atoms with E-state index in [-0.39, 0.29) is 10.6 Å². The average Bonchev–Trinajstić information content (AvgIpc) is 2.19. The van der Waals surface area contributed by atoms with E-state index in [0.29, 0.717) is 12.3 Å². The second-order valence-corrected chi connectivity index (χ2v) is 3.92. The van der Waals surface area contributed by atoms with Gasteiger partial charge in [-0.25, -0.2) is 0 Å². The Morgan fingerprint density at radius 2 is 1.94 bits per heavy atom. The van der Waals surface area contributed by atoms with Crippen molar-refractivity contribution in [3.8, 4) is 0 Å². The number of hydrogen-bond donors (Lipinski definition) is 0. The van der Waals surface area contributed by atoms with Crippen LogP contribution >= 0.6 is 23.2 Å². The Balaban J connectivity index is 3.08. The van der Waals surface area contributed by atoms with Crippen LogP contribution in [0.4, 0.5) is 13.2 Å². The fourth-order valence-electron chi connectivity index (χ4n) is 1.19. The third kappa shape index (κ3) is 3.72. The van der Waals surface area contributed by atoms with Crippen LogP contribution in [0.25, 0.3) is 6.08 Å². The molecule has 88 valence electrons. The van der Waals surface area contributed by atoms with Crippen LogP contribution in [0.1, 0.15) is 17.5 Å². The highest BCUT2D eigenvalue weighted by molar-refractivity contribution is 6.30. The Morgan fingerprint density at radius 1 is 1.25 bits per heavy atom. The van der Waals surface area contributed by atoms with Gasteiger partial charge < -0.3 is 0 Å². The summed E-state index contributed by atoms with van der Waals surface area (Å²) in [6.45, 7) is 0. The Morgan fingerprint density at radius 3 is 2.50 bits per heavy atom. The highest BCUT2D eigenvalue weighted by Gasteiger charge is 2.32. The normalized spacial score (nSPS) is 12.3. The van der Waals surface area contributed by atoms with Crippen molar-refractivity contribution < 1.29 is 13.2 Å². The minimum absolute atomic E-state index is 0.0711. The Labute approximate surface area is 102 Å². The molecule has 0 aromatic heterocycles. The lowest BCUT2D eigenvalue weighted by molar-refractivity contribution is -0.137. The molecule has 5 heteroatoms. The second-order valence-electron chi connectivity index (χ2n) is 3.11. The smallest absolute Gasteiger partial charge is 0.166 e. The Bertz CT molecular complexity index is 383. The number of halogens is 5. The molecule has 0 unspecified atom stereocenters. The van der Waals surface area contributed by atoms with E-state index in [1.165, 1.54) is 18.2 Å². The fraction of sp³-hybridized carbons (Fsp3) is 0.273. The molecular weight excluding hydrogens is 260 g/mol. The third-order valence-electron chi connectivity index (χ3n) is 1.89. The predicted octanol–water partition coefficient (Wildman–Crippen LogP) is 5.00. The minimum atomic E-state index is -4.40. The maximum Gasteiger partial charge on any atom is 0.417 e. The molecule has 0 atom stereocenters. The molecule has 16 heavy (non-hydrogen) atoms. The molecule has 1 aromatic carbocycles. The molecular formula is C11H9Cl2F3. The van der Waals surface area contributed by atoms with Crippen LogP contribution in [0, 0.1) is 0 Å². The summed E-state index contributed by atoms with van der Waals surface area (Å²) < 4.78 is 37.9. The molecule has 0 radical (unpaired) electrons. The molecule has 0 aliphatic carbocycles. The average molecular weight is 269 g/mol. The van der Waals surface area contributed by atoms with Crippen molar-refractivity contribution in [2.75, 3.05) is 5.88 Å². The van der Waals surface area contributed by atoms with Crippen LogP contribution in [0.3, 0.4) is 0 Å². The van der Waals surface area contributed by atoms with E-state index in [1.807, 2.05) is 0 Å². The lowest BCUT2D eigenvalue weighted by atomic mass is 10.1. The topological polar surface area (TPSA) is 0 Å². The van der Waals surface area contributed by atoms with E-state index in [2.05, 4.69) is 0 Å². The van der Waals surface area contributed by atoms with E-state index < -0.39 is 11.7 Å². The van der Waals surface area contributed by atoms with Gasteiger partial charge in [-0.15, -0.1) is 11.6 Å². The maximum absolute atomic E-state index is 12.6. The first-order valence-electron chi connectivity index (χ1n) is 4.54. The first kappa shape index (κ1) is 13.4. The van der Waals surface area contributed by atoms with Gasteiger partial charge in [0.25, 0.3) is 0 Å². The first-order valence-corrected chi connectivity index (χ1v) is 5.45. The van der Waals surface area contributed by atoms with Crippen LogP contribution in [-0.2, 0) is 6.18 Å². The lowest BCUT2D eigenvalue weighted by Crippen LogP contribution is -2.07. The van der Waals surface area contributed by atoms with Crippen molar-refractivity contribution in [3.63, 3.8) is 0 Å². The van der Waals surface area contributed by atoms with E-state index in [1.54, 1.807) is 6.08 Å². The van der Waals surface area contributed by atoms with E-state index in [9.17, 15) is 13.2 Å². The Kier molecular flexibility index (Phi) is 4.69. The van der Waals surface area contributed by atoms with Crippen molar-refractivity contribution in [2.24, 2.45) is 0 Å². The van der Waals surface area contributed by atoms with Crippen molar-refractivity contribution in [3.05, 3.63) is 40.4 Å². The minimum Gasteiger partial charge on any atom is -0.166 e. The zero-order valence-electron chi connectivity index (χ0n) is 8.19. The molecule has 1 rings (SSSR count). The summed E-state index contributed by atoms with van der Waals surface area (Å²) in [6.07, 6.45) is -0.861. The standard InChI is InChI=1S/C11H9Cl2F3/c12-6-2-1-3-8-4-5-9(13)7-10(8)11(14,15)16/h1,3-5,7H,2,6H2. The summed E-state index contributed by atoms with van der Waals surface area (Å²) in [7, 11) is 0. The maximum atomic E-state index is 12.6. The van der Waals surface area contributed by atoms with Gasteiger partial charge in [0.1, 0.15) is 0 Å². The number of rotatable bonds is 3.